The molecule has 7 aromatic heterocycles. The van der Waals surface area contributed by atoms with Gasteiger partial charge in [0.05, 0.1) is 82.5 Å². The van der Waals surface area contributed by atoms with E-state index >= 15 is 0 Å². The van der Waals surface area contributed by atoms with Crippen LogP contribution >= 0.6 is 0 Å². The first kappa shape index (κ1) is 114. The van der Waals surface area contributed by atoms with Crippen LogP contribution < -0.4 is 65.2 Å². The Morgan fingerprint density at radius 2 is 0.905 bits per heavy atom. The van der Waals surface area contributed by atoms with Crippen molar-refractivity contribution in [3.63, 3.8) is 0 Å². The van der Waals surface area contributed by atoms with Gasteiger partial charge in [-0.2, -0.15) is 51.1 Å². The number of morpholine rings is 1. The molecule has 5 aliphatic heterocycles. The lowest BCUT2D eigenvalue weighted by atomic mass is 9.87. The summed E-state index contributed by atoms with van der Waals surface area (Å²) in [7, 11) is -15.7. The summed E-state index contributed by atoms with van der Waals surface area (Å²) in [4.78, 5) is 102. The standard InChI is InChI=1S/C29H41FN4O5S.C28H34FN5O5S.C25H33N5O5S.C19H22F3N5O3S/c1-19(2)18-39-24-13-21(12-22(30)14-24)26-10-9-25(27(31-26)34-16-20(3)15-29(34,4)5)28(35)32-40(36,37)33-11-7-8-23(17-33)38-6;1-17(2)15-38-21-12-19(11-20(29)13-21)23-10-9-22(26(31-23)34-14-18(3)39-16-28(34,4)5)27(35)33-40(36,37)25-8-6-7-24(30)32-25;1-15-13-25(5,6)30(14-15)22-17(12-16(10-11-20(31)32)21(28-22)24(2,3)4)23(33)29-36(34,35)19-9-7-8-18(26)27-19;1-11-8-18(2,3)27(10-11)16-13(7-12(9-24-16)19(20,21)22)17(28)26-31(29,30)15-6-4-5-14(23)25-15/h9-10,12-14,19-20,23H,7-8,11,15-18H2,1-6H3,(H,32,35);6-13,17-18H,14-16H2,1-5H3,(H2,30,32)(H,33,35);7-12,15H,13-14H2,1-6H3,(H2,26,27)(H,29,33)(H,31,32);4-7,9,11H,8,10H2,1-3H3,(H2,23,25)(H,26,28)/b;;11-10+;/t20-,23?;;15-;11-/m0.00/s1. The normalized spacial score (nSPS) is 18.9. The number of alkyl halides is 3. The van der Waals surface area contributed by atoms with Crippen molar-refractivity contribution in [3.05, 3.63) is 190 Å². The number of hydrogen-bond acceptors (Lipinski definition) is 31. The van der Waals surface area contributed by atoms with Crippen molar-refractivity contribution in [1.29, 1.82) is 0 Å². The molecule has 14 rings (SSSR count). The summed E-state index contributed by atoms with van der Waals surface area (Å²) in [6, 6.07) is 29.1. The number of piperidine rings is 1. The number of carboxylic acids is 1. The number of hydrogen-bond donors (Lipinski definition) is 8. The van der Waals surface area contributed by atoms with E-state index < -0.39 is 125 Å². The molecule has 0 bridgehead atoms. The number of carbonyl (C=O) groups excluding carboxylic acids is 4. The second-order valence-corrected chi connectivity index (χ2v) is 48.3. The number of rotatable bonds is 27. The Morgan fingerprint density at radius 3 is 1.29 bits per heavy atom. The third kappa shape index (κ3) is 29.2. The summed E-state index contributed by atoms with van der Waals surface area (Å²) < 4.78 is 204. The molecule has 5 atom stereocenters. The highest BCUT2D eigenvalue weighted by molar-refractivity contribution is 7.90. The van der Waals surface area contributed by atoms with E-state index in [-0.39, 0.29) is 98.4 Å². The van der Waals surface area contributed by atoms with E-state index in [1.807, 2.05) is 119 Å². The fraction of sp³-hybridized carbons (Fsp3) is 0.465. The molecule has 2 aromatic carbocycles. The highest BCUT2D eigenvalue weighted by atomic mass is 32.2. The molecule has 2 unspecified atom stereocenters. The van der Waals surface area contributed by atoms with E-state index in [1.165, 1.54) is 95.3 Å². The number of amides is 4. The van der Waals surface area contributed by atoms with Gasteiger partial charge in [-0.3, -0.25) is 19.2 Å². The number of aliphatic carboxylic acids is 1. The Hall–Kier alpha value is -12.9. The monoisotopic (exact) mass is 2120 g/mol. The molecule has 0 spiro atoms. The van der Waals surface area contributed by atoms with Crippen molar-refractivity contribution in [2.24, 2.45) is 29.6 Å². The lowest BCUT2D eigenvalue weighted by Gasteiger charge is -2.46. The summed E-state index contributed by atoms with van der Waals surface area (Å²) in [5, 5.41) is 7.87. The van der Waals surface area contributed by atoms with Crippen LogP contribution in [0.2, 0.25) is 0 Å². The zero-order valence-electron chi connectivity index (χ0n) is 85.8. The van der Waals surface area contributed by atoms with Crippen LogP contribution in [0.4, 0.5) is 62.7 Å². The highest BCUT2D eigenvalue weighted by Crippen LogP contribution is 2.45. The van der Waals surface area contributed by atoms with Crippen molar-refractivity contribution in [1.82, 2.24) is 58.1 Å². The average Bonchev–Trinajstić information content (AvgIpc) is 1.61. The number of pyridine rings is 7. The van der Waals surface area contributed by atoms with Crippen molar-refractivity contribution in [3.8, 4) is 34.0 Å². The van der Waals surface area contributed by atoms with Gasteiger partial charge in [-0.05, 0) is 233 Å². The number of methoxy groups -OCH3 is 1. The van der Waals surface area contributed by atoms with Crippen molar-refractivity contribution in [2.45, 2.75) is 225 Å². The van der Waals surface area contributed by atoms with Crippen molar-refractivity contribution < 1.29 is 104 Å². The van der Waals surface area contributed by atoms with Gasteiger partial charge in [0.15, 0.2) is 15.1 Å². The lowest BCUT2D eigenvalue weighted by Crippen LogP contribution is -2.56. The fourth-order valence-electron chi connectivity index (χ4n) is 18.1. The molecule has 46 heteroatoms. The van der Waals surface area contributed by atoms with Crippen LogP contribution in [-0.2, 0) is 66.1 Å². The Labute approximate surface area is 855 Å². The van der Waals surface area contributed by atoms with Crippen LogP contribution in [0.15, 0.2) is 155 Å². The predicted molar refractivity (Wildman–Crippen MR) is 549 cm³/mol. The second kappa shape index (κ2) is 45.4. The minimum absolute atomic E-state index is 0.00192. The van der Waals surface area contributed by atoms with Crippen LogP contribution in [0.25, 0.3) is 28.6 Å². The minimum Gasteiger partial charge on any atom is -0.493 e. The van der Waals surface area contributed by atoms with Gasteiger partial charge in [-0.25, -0.2) is 67.4 Å². The number of benzene rings is 2. The number of nitrogens with one attached hydrogen (secondary N) is 4. The number of anilines is 7. The van der Waals surface area contributed by atoms with Gasteiger partial charge in [-0.1, -0.05) is 87.4 Å². The van der Waals surface area contributed by atoms with Crippen LogP contribution in [0, 0.1) is 41.2 Å². The van der Waals surface area contributed by atoms with Crippen LogP contribution in [-0.4, -0.2) is 208 Å². The summed E-state index contributed by atoms with van der Waals surface area (Å²) in [6.45, 7) is 41.6. The lowest BCUT2D eigenvalue weighted by molar-refractivity contribution is -0.138. The molecule has 5 aliphatic rings. The summed E-state index contributed by atoms with van der Waals surface area (Å²) in [6.07, 6.45) is 1.66. The number of sulfonamides is 3. The zero-order valence-corrected chi connectivity index (χ0v) is 89.1. The first-order valence-electron chi connectivity index (χ1n) is 47.7. The average molecular weight is 2120 g/mol. The van der Waals surface area contributed by atoms with Gasteiger partial charge in [0, 0.05) is 104 Å². The predicted octanol–water partition coefficient (Wildman–Crippen LogP) is 14.7. The molecular weight excluding hydrogens is 1990 g/mol. The largest absolute Gasteiger partial charge is 0.493 e. The van der Waals surface area contributed by atoms with Gasteiger partial charge in [0.2, 0.25) is 0 Å². The molecule has 4 amide bonds. The maximum atomic E-state index is 14.6. The molecule has 0 saturated carbocycles. The molecule has 12 heterocycles. The second-order valence-electron chi connectivity index (χ2n) is 41.7. The Kier molecular flexibility index (Phi) is 35.4. The number of nitrogen functional groups attached to an aromatic ring is 3. The third-order valence-electron chi connectivity index (χ3n) is 24.7. The van der Waals surface area contributed by atoms with Crippen molar-refractivity contribution >= 4 is 117 Å². The Bertz CT molecular complexity index is 6920. The summed E-state index contributed by atoms with van der Waals surface area (Å²) in [5.41, 5.74) is 15.8. The van der Waals surface area contributed by atoms with Crippen LogP contribution in [0.5, 0.6) is 11.5 Å². The molecule has 5 fully saturated rings. The van der Waals surface area contributed by atoms with Crippen LogP contribution in [0.3, 0.4) is 0 Å². The summed E-state index contributed by atoms with van der Waals surface area (Å²) in [5.74, 6) is -2.95. The van der Waals surface area contributed by atoms with E-state index in [0.717, 1.165) is 37.8 Å². The maximum absolute atomic E-state index is 14.6. The molecule has 9 aromatic rings. The molecule has 5 saturated heterocycles. The van der Waals surface area contributed by atoms with Gasteiger partial charge in [0.25, 0.3) is 53.7 Å². The molecule has 0 aliphatic carbocycles. The van der Waals surface area contributed by atoms with E-state index in [2.05, 4.69) is 61.8 Å². The van der Waals surface area contributed by atoms with Gasteiger partial charge < -0.3 is 60.9 Å². The first-order chi connectivity index (χ1) is 68.2. The fourth-order valence-corrected chi connectivity index (χ4v) is 22.1. The highest BCUT2D eigenvalue weighted by Gasteiger charge is 2.46. The molecule has 796 valence electrons. The number of halogens is 5. The van der Waals surface area contributed by atoms with E-state index in [1.54, 1.807) is 47.1 Å². The van der Waals surface area contributed by atoms with Gasteiger partial charge in [-0.15, -0.1) is 0 Å². The first-order valence-corrected chi connectivity index (χ1v) is 53.5. The maximum Gasteiger partial charge on any atom is 0.417 e. The summed E-state index contributed by atoms with van der Waals surface area (Å²) >= 11 is 0. The van der Waals surface area contributed by atoms with E-state index in [9.17, 15) is 84.7 Å². The van der Waals surface area contributed by atoms with Gasteiger partial charge >= 0.3 is 22.4 Å². The number of carbonyl (C=O) groups is 5. The molecule has 0 radical (unpaired) electrons. The number of ether oxygens (including phenoxy) is 4. The third-order valence-corrected chi connectivity index (χ3v) is 29.8. The number of carboxylic acid groups (broad SMARTS) is 1. The quantitative estimate of drug-likeness (QED) is 0.0175. The Morgan fingerprint density at radius 1 is 0.510 bits per heavy atom. The van der Waals surface area contributed by atoms with Crippen molar-refractivity contribution in [2.75, 3.05) is 103 Å². The topological polar surface area (TPSA) is 512 Å². The van der Waals surface area contributed by atoms with E-state index in [0.29, 0.717) is 140 Å². The number of nitrogens with two attached hydrogens (primary N) is 3. The SMILES string of the molecule is CC(C)COc1cc(F)cc(-c2ccc(C(=O)NS(=O)(=O)c3cccc(N)n3)c(N3CC(C)OCC3(C)C)n2)c1.COC1CCCN(S(=O)(=O)NC(=O)c2ccc(-c3cc(F)cc(OCC(C)C)c3)nc2N2C[C@@H](C)CC2(C)C)C1.C[C@@H]1CN(c2nc(C(C)(C)C)c(/C=C/C(=O)O)cc2C(=O)NS(=O)(=O)c2cccc(N)n2)C(C)(C)C1.C[C@@H]1CN(c2ncc(C(F)(F)F)cc2C(=O)NS(=O)(=O)c2cccc(N)n2)C(C)(C)C1. The Balaban J connectivity index is 0.000000187. The van der Waals surface area contributed by atoms with Crippen LogP contribution in [0.1, 0.15) is 222 Å². The minimum atomic E-state index is -4.76. The van der Waals surface area contributed by atoms with Gasteiger partial charge in [0.1, 0.15) is 63.9 Å². The number of aromatic nitrogens is 7. The molecule has 37 nitrogen and oxygen atoms in total. The molecule has 147 heavy (non-hydrogen) atoms. The smallest absolute Gasteiger partial charge is 0.417 e. The zero-order chi connectivity index (χ0) is 109. The number of nitrogens with zero attached hydrogens (tertiary/aromatic N) is 12. The molecule has 11 N–H and O–H groups in total. The van der Waals surface area contributed by atoms with E-state index in [4.69, 9.17) is 51.1 Å². The molecular formula is C101H130F5N19O18S4.